The van der Waals surface area contributed by atoms with Crippen molar-refractivity contribution in [3.05, 3.63) is 0 Å². The van der Waals surface area contributed by atoms with E-state index in [9.17, 15) is 0 Å². The van der Waals surface area contributed by atoms with Crippen LogP contribution in [0.5, 0.6) is 0 Å². The van der Waals surface area contributed by atoms with Crippen LogP contribution in [0.3, 0.4) is 0 Å². The molecule has 3 heteroatoms. The monoisotopic (exact) mass is 144 g/mol. The Morgan fingerprint density at radius 2 is 1.90 bits per heavy atom. The van der Waals surface area contributed by atoms with Crippen molar-refractivity contribution in [2.45, 2.75) is 20.0 Å². The summed E-state index contributed by atoms with van der Waals surface area (Å²) in [5, 5.41) is 14.7. The van der Waals surface area contributed by atoms with Crippen LogP contribution in [0.2, 0.25) is 0 Å². The van der Waals surface area contributed by atoms with E-state index in [-0.39, 0.29) is 12.0 Å². The van der Waals surface area contributed by atoms with Crippen molar-refractivity contribution < 1.29 is 5.11 Å². The molecule has 3 nitrogen and oxygen atoms in total. The van der Waals surface area contributed by atoms with Crippen LogP contribution >= 0.6 is 0 Å². The molecule has 0 saturated heterocycles. The highest BCUT2D eigenvalue weighted by Crippen LogP contribution is 1.97. The van der Waals surface area contributed by atoms with Gasteiger partial charge in [-0.25, -0.2) is 0 Å². The summed E-state index contributed by atoms with van der Waals surface area (Å²) in [6.07, 6.45) is 1.42. The molecule has 0 amide bonds. The van der Waals surface area contributed by atoms with E-state index >= 15 is 0 Å². The molecular weight excluding hydrogens is 128 g/mol. The Labute approximate surface area is 62.3 Å². The van der Waals surface area contributed by atoms with E-state index in [1.165, 1.54) is 0 Å². The second kappa shape index (κ2) is 4.28. The van der Waals surface area contributed by atoms with Crippen LogP contribution in [0.1, 0.15) is 13.8 Å². The first-order chi connectivity index (χ1) is 4.54. The van der Waals surface area contributed by atoms with Crippen molar-refractivity contribution in [2.24, 2.45) is 11.0 Å². The summed E-state index contributed by atoms with van der Waals surface area (Å²) in [4.78, 5) is 0. The highest BCUT2D eigenvalue weighted by molar-refractivity contribution is 5.60. The number of aliphatic hydroxyl groups excluding tert-OH is 1. The van der Waals surface area contributed by atoms with E-state index in [0.717, 1.165) is 0 Å². The van der Waals surface area contributed by atoms with Crippen LogP contribution < -0.4 is 0 Å². The zero-order valence-corrected chi connectivity index (χ0v) is 7.07. The summed E-state index contributed by atoms with van der Waals surface area (Å²) < 4.78 is 0. The zero-order valence-electron chi connectivity index (χ0n) is 7.07. The molecule has 2 atom stereocenters. The molecule has 0 aromatic rings. The van der Waals surface area contributed by atoms with Crippen LogP contribution in [-0.4, -0.2) is 36.5 Å². The first kappa shape index (κ1) is 9.43. The number of hydrogen-bond donors (Lipinski definition) is 1. The third-order valence-electron chi connectivity index (χ3n) is 1.29. The Bertz CT molecular complexity index is 110. The maximum Gasteiger partial charge on any atom is 0.0587 e. The summed E-state index contributed by atoms with van der Waals surface area (Å²) >= 11 is 0. The van der Waals surface area contributed by atoms with Crippen LogP contribution in [0, 0.1) is 5.92 Å². The topological polar surface area (TPSA) is 35.8 Å². The van der Waals surface area contributed by atoms with Gasteiger partial charge in [0, 0.05) is 26.2 Å². The smallest absolute Gasteiger partial charge is 0.0587 e. The lowest BCUT2D eigenvalue weighted by molar-refractivity contribution is 0.166. The summed E-state index contributed by atoms with van der Waals surface area (Å²) in [5.74, 6) is 0.127. The van der Waals surface area contributed by atoms with Gasteiger partial charge in [-0.2, -0.15) is 5.10 Å². The minimum Gasteiger partial charge on any atom is -0.393 e. The number of hydrogen-bond acceptors (Lipinski definition) is 3. The van der Waals surface area contributed by atoms with Gasteiger partial charge >= 0.3 is 0 Å². The molecule has 0 spiro atoms. The van der Waals surface area contributed by atoms with E-state index in [0.29, 0.717) is 0 Å². The summed E-state index contributed by atoms with van der Waals surface area (Å²) in [7, 11) is 3.70. The van der Waals surface area contributed by atoms with Crippen molar-refractivity contribution >= 4 is 6.21 Å². The molecular formula is C7H16N2O. The molecule has 0 saturated carbocycles. The van der Waals surface area contributed by atoms with Crippen molar-refractivity contribution in [1.29, 1.82) is 0 Å². The summed E-state index contributed by atoms with van der Waals surface area (Å²) in [6.45, 7) is 3.68. The molecule has 0 rings (SSSR count). The highest BCUT2D eigenvalue weighted by atomic mass is 16.3. The van der Waals surface area contributed by atoms with Crippen LogP contribution in [-0.2, 0) is 0 Å². The lowest BCUT2D eigenvalue weighted by atomic mass is 10.1. The minimum atomic E-state index is -0.316. The fraction of sp³-hybridized carbons (Fsp3) is 0.857. The first-order valence-electron chi connectivity index (χ1n) is 3.43. The molecule has 1 N–H and O–H groups in total. The fourth-order valence-electron chi connectivity index (χ4n) is 0.363. The van der Waals surface area contributed by atoms with Crippen molar-refractivity contribution in [3.63, 3.8) is 0 Å². The Balaban J connectivity index is 3.66. The van der Waals surface area contributed by atoms with Gasteiger partial charge in [0.1, 0.15) is 0 Å². The minimum absolute atomic E-state index is 0.127. The van der Waals surface area contributed by atoms with Crippen molar-refractivity contribution in [1.82, 2.24) is 5.01 Å². The third-order valence-corrected chi connectivity index (χ3v) is 1.29. The summed E-state index contributed by atoms with van der Waals surface area (Å²) in [6, 6.07) is 0. The van der Waals surface area contributed by atoms with Gasteiger partial charge < -0.3 is 10.1 Å². The second-order valence-electron chi connectivity index (χ2n) is 2.71. The maximum atomic E-state index is 9.02. The van der Waals surface area contributed by atoms with Gasteiger partial charge in [-0.15, -0.1) is 0 Å². The van der Waals surface area contributed by atoms with Gasteiger partial charge in [-0.3, -0.25) is 0 Å². The van der Waals surface area contributed by atoms with Gasteiger partial charge in [0.25, 0.3) is 0 Å². The lowest BCUT2D eigenvalue weighted by Gasteiger charge is -2.09. The molecule has 0 aliphatic rings. The second-order valence-corrected chi connectivity index (χ2v) is 2.71. The van der Waals surface area contributed by atoms with Crippen LogP contribution in [0.15, 0.2) is 5.10 Å². The van der Waals surface area contributed by atoms with E-state index in [4.69, 9.17) is 5.11 Å². The fourth-order valence-corrected chi connectivity index (χ4v) is 0.363. The molecule has 10 heavy (non-hydrogen) atoms. The standard InChI is InChI=1S/C7H16N2O/c1-6(7(2)10)5-8-9(3)4/h5-7,10H,1-4H3/b8-5+/t6-,7+/m0/s1. The Kier molecular flexibility index (Phi) is 4.03. The van der Waals surface area contributed by atoms with E-state index < -0.39 is 0 Å². The van der Waals surface area contributed by atoms with Gasteiger partial charge in [0.2, 0.25) is 0 Å². The Morgan fingerprint density at radius 3 is 2.20 bits per heavy atom. The average molecular weight is 144 g/mol. The van der Waals surface area contributed by atoms with Gasteiger partial charge in [0.15, 0.2) is 0 Å². The molecule has 0 heterocycles. The third kappa shape index (κ3) is 4.32. The largest absolute Gasteiger partial charge is 0.393 e. The van der Waals surface area contributed by atoms with Crippen molar-refractivity contribution in [3.8, 4) is 0 Å². The number of hydrazone groups is 1. The molecule has 0 radical (unpaired) electrons. The molecule has 0 aromatic carbocycles. The predicted octanol–water partition coefficient (Wildman–Crippen LogP) is 0.551. The molecule has 0 fully saturated rings. The Morgan fingerprint density at radius 1 is 1.40 bits per heavy atom. The molecule has 0 aliphatic carbocycles. The summed E-state index contributed by atoms with van der Waals surface area (Å²) in [5.41, 5.74) is 0. The van der Waals surface area contributed by atoms with Gasteiger partial charge in [0.05, 0.1) is 6.10 Å². The molecule has 0 aromatic heterocycles. The SMILES string of the molecule is C[C@@H](O)[C@@H](C)/C=N/N(C)C. The Hall–Kier alpha value is -0.570. The number of nitrogens with zero attached hydrogens (tertiary/aromatic N) is 2. The van der Waals surface area contributed by atoms with Gasteiger partial charge in [-0.1, -0.05) is 6.92 Å². The van der Waals surface area contributed by atoms with Gasteiger partial charge in [-0.05, 0) is 6.92 Å². The maximum absolute atomic E-state index is 9.02. The van der Waals surface area contributed by atoms with E-state index in [1.807, 2.05) is 21.0 Å². The predicted molar refractivity (Wildman–Crippen MR) is 43.0 cm³/mol. The first-order valence-corrected chi connectivity index (χ1v) is 3.43. The number of rotatable bonds is 3. The number of aliphatic hydroxyl groups is 1. The van der Waals surface area contributed by atoms with E-state index in [2.05, 4.69) is 5.10 Å². The molecule has 60 valence electrons. The average Bonchev–Trinajstić information content (AvgIpc) is 1.82. The molecule has 0 bridgehead atoms. The van der Waals surface area contributed by atoms with Crippen LogP contribution in [0.25, 0.3) is 0 Å². The highest BCUT2D eigenvalue weighted by Gasteiger charge is 2.03. The normalized spacial score (nSPS) is 17.3. The quantitative estimate of drug-likeness (QED) is 0.464. The zero-order chi connectivity index (χ0) is 8.15. The molecule has 0 unspecified atom stereocenters. The van der Waals surface area contributed by atoms with Crippen molar-refractivity contribution in [2.75, 3.05) is 14.1 Å². The van der Waals surface area contributed by atoms with E-state index in [1.54, 1.807) is 18.1 Å². The molecule has 0 aliphatic heterocycles. The lowest BCUT2D eigenvalue weighted by Crippen LogP contribution is -2.15. The van der Waals surface area contributed by atoms with Crippen LogP contribution in [0.4, 0.5) is 0 Å².